The van der Waals surface area contributed by atoms with E-state index >= 15 is 0 Å². The number of ether oxygens (including phenoxy) is 2. The van der Waals surface area contributed by atoms with E-state index in [0.717, 1.165) is 37.7 Å². The number of nitrogens with zero attached hydrogens (tertiary/aromatic N) is 1. The van der Waals surface area contributed by atoms with Crippen LogP contribution < -0.4 is 14.8 Å². The van der Waals surface area contributed by atoms with Crippen molar-refractivity contribution in [1.82, 2.24) is 10.2 Å². The van der Waals surface area contributed by atoms with Crippen molar-refractivity contribution in [3.8, 4) is 11.5 Å². The topological polar surface area (TPSA) is 33.7 Å². The van der Waals surface area contributed by atoms with E-state index in [0.29, 0.717) is 12.6 Å². The molecular formula is C21H28N2O2. The van der Waals surface area contributed by atoms with Crippen molar-refractivity contribution in [3.63, 3.8) is 0 Å². The molecule has 1 aliphatic rings. The third-order valence-corrected chi connectivity index (χ3v) is 4.70. The van der Waals surface area contributed by atoms with Gasteiger partial charge in [0.1, 0.15) is 6.61 Å². The molecule has 2 aromatic carbocycles. The second-order valence-electron chi connectivity index (χ2n) is 6.49. The Morgan fingerprint density at radius 1 is 0.960 bits per heavy atom. The Labute approximate surface area is 150 Å². The number of hydrogen-bond acceptors (Lipinski definition) is 4. The molecule has 2 aromatic rings. The van der Waals surface area contributed by atoms with Gasteiger partial charge in [-0.2, -0.15) is 0 Å². The summed E-state index contributed by atoms with van der Waals surface area (Å²) in [5.74, 6) is 1.60. The second kappa shape index (κ2) is 9.44. The zero-order chi connectivity index (χ0) is 17.3. The minimum atomic E-state index is 0.591. The summed E-state index contributed by atoms with van der Waals surface area (Å²) in [6, 6.07) is 19.1. The van der Waals surface area contributed by atoms with Gasteiger partial charge in [0.2, 0.25) is 0 Å². The summed E-state index contributed by atoms with van der Waals surface area (Å²) in [5, 5.41) is 3.62. The summed E-state index contributed by atoms with van der Waals surface area (Å²) in [7, 11) is 1.67. The summed E-state index contributed by atoms with van der Waals surface area (Å²) in [6.45, 7) is 4.89. The highest BCUT2D eigenvalue weighted by atomic mass is 16.5. The van der Waals surface area contributed by atoms with Crippen LogP contribution in [0, 0.1) is 0 Å². The molecule has 1 fully saturated rings. The van der Waals surface area contributed by atoms with Crippen molar-refractivity contribution in [1.29, 1.82) is 0 Å². The van der Waals surface area contributed by atoms with Crippen LogP contribution in [-0.2, 0) is 6.54 Å². The molecule has 25 heavy (non-hydrogen) atoms. The van der Waals surface area contributed by atoms with Gasteiger partial charge in [0, 0.05) is 19.1 Å². The summed E-state index contributed by atoms with van der Waals surface area (Å²) in [5.41, 5.74) is 1.40. The summed E-state index contributed by atoms with van der Waals surface area (Å²) in [6.07, 6.45) is 2.39. The number of likely N-dealkylation sites (tertiary alicyclic amines) is 1. The van der Waals surface area contributed by atoms with Gasteiger partial charge in [0.15, 0.2) is 11.5 Å². The van der Waals surface area contributed by atoms with Gasteiger partial charge in [-0.3, -0.25) is 4.90 Å². The van der Waals surface area contributed by atoms with Gasteiger partial charge in [0.05, 0.1) is 7.11 Å². The Balaban J connectivity index is 1.33. The Kier molecular flexibility index (Phi) is 6.71. The van der Waals surface area contributed by atoms with Crippen LogP contribution in [0.5, 0.6) is 11.5 Å². The van der Waals surface area contributed by atoms with Crippen molar-refractivity contribution in [2.24, 2.45) is 0 Å². The van der Waals surface area contributed by atoms with Crippen LogP contribution in [0.25, 0.3) is 0 Å². The summed E-state index contributed by atoms with van der Waals surface area (Å²) in [4.78, 5) is 2.54. The first-order valence-corrected chi connectivity index (χ1v) is 9.10. The molecule has 4 nitrogen and oxygen atoms in total. The summed E-state index contributed by atoms with van der Waals surface area (Å²) < 4.78 is 11.1. The van der Waals surface area contributed by atoms with Gasteiger partial charge in [-0.15, -0.1) is 0 Å². The molecule has 0 spiro atoms. The summed E-state index contributed by atoms with van der Waals surface area (Å²) >= 11 is 0. The molecule has 0 radical (unpaired) electrons. The first kappa shape index (κ1) is 17.8. The lowest BCUT2D eigenvalue weighted by Crippen LogP contribution is -2.43. The zero-order valence-corrected chi connectivity index (χ0v) is 15.0. The molecule has 0 saturated carbocycles. The minimum absolute atomic E-state index is 0.591. The van der Waals surface area contributed by atoms with Gasteiger partial charge < -0.3 is 14.8 Å². The highest BCUT2D eigenvalue weighted by Crippen LogP contribution is 2.25. The van der Waals surface area contributed by atoms with Crippen LogP contribution in [0.3, 0.4) is 0 Å². The first-order chi connectivity index (χ1) is 12.3. The maximum Gasteiger partial charge on any atom is 0.161 e. The molecule has 134 valence electrons. The van der Waals surface area contributed by atoms with Gasteiger partial charge in [-0.05, 0) is 43.6 Å². The molecule has 0 atom stereocenters. The molecule has 3 rings (SSSR count). The number of nitrogens with one attached hydrogen (secondary N) is 1. The quantitative estimate of drug-likeness (QED) is 0.748. The van der Waals surface area contributed by atoms with Gasteiger partial charge >= 0.3 is 0 Å². The van der Waals surface area contributed by atoms with Crippen LogP contribution in [0.2, 0.25) is 0 Å². The zero-order valence-electron chi connectivity index (χ0n) is 15.0. The van der Waals surface area contributed by atoms with E-state index in [1.54, 1.807) is 7.11 Å². The standard InChI is InChI=1S/C21H28N2O2/c1-24-20-9-5-6-10-21(20)25-16-13-22-19-11-14-23(15-12-19)17-18-7-3-2-4-8-18/h2-10,19,22H,11-17H2,1H3. The third-order valence-electron chi connectivity index (χ3n) is 4.70. The predicted octanol–water partition coefficient (Wildman–Crippen LogP) is 3.33. The van der Waals surface area contributed by atoms with Gasteiger partial charge in [-0.25, -0.2) is 0 Å². The fraction of sp³-hybridized carbons (Fsp3) is 0.429. The van der Waals surface area contributed by atoms with Crippen LogP contribution in [0.1, 0.15) is 18.4 Å². The van der Waals surface area contributed by atoms with E-state index in [-0.39, 0.29) is 0 Å². The lowest BCUT2D eigenvalue weighted by Gasteiger charge is -2.32. The third kappa shape index (κ3) is 5.48. The molecular weight excluding hydrogens is 312 g/mol. The monoisotopic (exact) mass is 340 g/mol. The highest BCUT2D eigenvalue weighted by molar-refractivity contribution is 5.39. The van der Waals surface area contributed by atoms with E-state index in [4.69, 9.17) is 9.47 Å². The fourth-order valence-corrected chi connectivity index (χ4v) is 3.30. The molecule has 0 unspecified atom stereocenters. The lowest BCUT2D eigenvalue weighted by molar-refractivity contribution is 0.185. The average molecular weight is 340 g/mol. The van der Waals surface area contributed by atoms with Crippen molar-refractivity contribution in [2.45, 2.75) is 25.4 Å². The van der Waals surface area contributed by atoms with Crippen LogP contribution >= 0.6 is 0 Å². The molecule has 1 saturated heterocycles. The number of rotatable bonds is 8. The number of hydrogen-bond donors (Lipinski definition) is 1. The van der Waals surface area contributed by atoms with E-state index in [1.807, 2.05) is 24.3 Å². The molecule has 4 heteroatoms. The molecule has 1 aliphatic heterocycles. The van der Waals surface area contributed by atoms with Crippen LogP contribution in [-0.4, -0.2) is 44.3 Å². The Morgan fingerprint density at radius 3 is 2.36 bits per heavy atom. The number of methoxy groups -OCH3 is 1. The van der Waals surface area contributed by atoms with E-state index in [2.05, 4.69) is 40.5 Å². The van der Waals surface area contributed by atoms with E-state index in [1.165, 1.54) is 18.4 Å². The Morgan fingerprint density at radius 2 is 1.64 bits per heavy atom. The Bertz CT molecular complexity index is 625. The SMILES string of the molecule is COc1ccccc1OCCNC1CCN(Cc2ccccc2)CC1. The van der Waals surface area contributed by atoms with E-state index in [9.17, 15) is 0 Å². The average Bonchev–Trinajstić information content (AvgIpc) is 2.67. The maximum absolute atomic E-state index is 5.82. The largest absolute Gasteiger partial charge is 0.493 e. The van der Waals surface area contributed by atoms with E-state index < -0.39 is 0 Å². The second-order valence-corrected chi connectivity index (χ2v) is 6.49. The number of benzene rings is 2. The van der Waals surface area contributed by atoms with Crippen LogP contribution in [0.4, 0.5) is 0 Å². The molecule has 0 amide bonds. The minimum Gasteiger partial charge on any atom is -0.493 e. The number of para-hydroxylation sites is 2. The molecule has 0 bridgehead atoms. The molecule has 1 N–H and O–H groups in total. The molecule has 1 heterocycles. The van der Waals surface area contributed by atoms with Crippen molar-refractivity contribution >= 4 is 0 Å². The van der Waals surface area contributed by atoms with Gasteiger partial charge in [0.25, 0.3) is 0 Å². The Hall–Kier alpha value is -2.04. The van der Waals surface area contributed by atoms with Crippen LogP contribution in [0.15, 0.2) is 54.6 Å². The number of piperidine rings is 1. The van der Waals surface area contributed by atoms with Crippen molar-refractivity contribution in [2.75, 3.05) is 33.4 Å². The predicted molar refractivity (Wildman–Crippen MR) is 101 cm³/mol. The lowest BCUT2D eigenvalue weighted by atomic mass is 10.0. The fourth-order valence-electron chi connectivity index (χ4n) is 3.30. The maximum atomic E-state index is 5.82. The highest BCUT2D eigenvalue weighted by Gasteiger charge is 2.18. The first-order valence-electron chi connectivity index (χ1n) is 9.10. The molecule has 0 aromatic heterocycles. The molecule has 0 aliphatic carbocycles. The smallest absolute Gasteiger partial charge is 0.161 e. The van der Waals surface area contributed by atoms with Crippen molar-refractivity contribution < 1.29 is 9.47 Å². The van der Waals surface area contributed by atoms with Gasteiger partial charge in [-0.1, -0.05) is 42.5 Å². The van der Waals surface area contributed by atoms with Crippen molar-refractivity contribution in [3.05, 3.63) is 60.2 Å². The normalized spacial score (nSPS) is 15.9.